The molecule has 0 aliphatic carbocycles. The van der Waals surface area contributed by atoms with Crippen LogP contribution < -0.4 is 4.74 Å². The Bertz CT molecular complexity index is 635. The Morgan fingerprint density at radius 2 is 1.70 bits per heavy atom. The summed E-state index contributed by atoms with van der Waals surface area (Å²) in [4.78, 5) is 12.0. The Balaban J connectivity index is 2.25. The molecule has 122 valence electrons. The Morgan fingerprint density at radius 1 is 1.00 bits per heavy atom. The summed E-state index contributed by atoms with van der Waals surface area (Å²) in [6.45, 7) is 0.363. The van der Waals surface area contributed by atoms with Gasteiger partial charge in [0.15, 0.2) is 6.29 Å². The SMILES string of the molecule is COC(=O)c1cc(C(OC)OC)ccc1OCc1ccccc1. The fourth-order valence-corrected chi connectivity index (χ4v) is 2.19. The van der Waals surface area contributed by atoms with Crippen molar-refractivity contribution in [2.24, 2.45) is 0 Å². The average molecular weight is 316 g/mol. The van der Waals surface area contributed by atoms with Crippen LogP contribution in [0.2, 0.25) is 0 Å². The number of methoxy groups -OCH3 is 3. The fraction of sp³-hybridized carbons (Fsp3) is 0.278. The molecule has 0 atom stereocenters. The highest BCUT2D eigenvalue weighted by Crippen LogP contribution is 2.26. The summed E-state index contributed by atoms with van der Waals surface area (Å²) in [5, 5.41) is 0. The average Bonchev–Trinajstić information content (AvgIpc) is 2.61. The van der Waals surface area contributed by atoms with Gasteiger partial charge >= 0.3 is 5.97 Å². The van der Waals surface area contributed by atoms with Crippen molar-refractivity contribution >= 4 is 5.97 Å². The Kier molecular flexibility index (Phi) is 6.14. The van der Waals surface area contributed by atoms with Crippen molar-refractivity contribution in [3.8, 4) is 5.75 Å². The van der Waals surface area contributed by atoms with E-state index in [1.54, 1.807) is 18.2 Å². The van der Waals surface area contributed by atoms with Gasteiger partial charge in [-0.05, 0) is 17.7 Å². The summed E-state index contributed by atoms with van der Waals surface area (Å²) in [5.74, 6) is -0.0173. The Hall–Kier alpha value is -2.37. The molecule has 23 heavy (non-hydrogen) atoms. The van der Waals surface area contributed by atoms with E-state index in [1.807, 2.05) is 30.3 Å². The molecule has 0 aliphatic heterocycles. The van der Waals surface area contributed by atoms with Gasteiger partial charge in [-0.2, -0.15) is 0 Å². The third kappa shape index (κ3) is 4.31. The van der Waals surface area contributed by atoms with Gasteiger partial charge in [0.25, 0.3) is 0 Å². The van der Waals surface area contributed by atoms with Crippen LogP contribution in [0.4, 0.5) is 0 Å². The van der Waals surface area contributed by atoms with Gasteiger partial charge in [-0.1, -0.05) is 36.4 Å². The highest BCUT2D eigenvalue weighted by atomic mass is 16.7. The van der Waals surface area contributed by atoms with Crippen LogP contribution in [0, 0.1) is 0 Å². The molecular formula is C18H20O5. The van der Waals surface area contributed by atoms with Crippen molar-refractivity contribution in [3.63, 3.8) is 0 Å². The molecule has 5 heteroatoms. The highest BCUT2D eigenvalue weighted by molar-refractivity contribution is 5.92. The first-order valence-electron chi connectivity index (χ1n) is 7.14. The van der Waals surface area contributed by atoms with Crippen molar-refractivity contribution < 1.29 is 23.7 Å². The lowest BCUT2D eigenvalue weighted by molar-refractivity contribution is -0.106. The van der Waals surface area contributed by atoms with E-state index < -0.39 is 12.3 Å². The molecule has 2 rings (SSSR count). The zero-order valence-corrected chi connectivity index (χ0v) is 13.4. The number of hydrogen-bond acceptors (Lipinski definition) is 5. The Morgan fingerprint density at radius 3 is 2.30 bits per heavy atom. The largest absolute Gasteiger partial charge is 0.488 e. The predicted molar refractivity (Wildman–Crippen MR) is 85.3 cm³/mol. The van der Waals surface area contributed by atoms with Gasteiger partial charge in [-0.25, -0.2) is 4.79 Å². The highest BCUT2D eigenvalue weighted by Gasteiger charge is 2.18. The number of carbonyl (C=O) groups excluding carboxylic acids is 1. The zero-order chi connectivity index (χ0) is 16.7. The van der Waals surface area contributed by atoms with Crippen LogP contribution >= 0.6 is 0 Å². The monoisotopic (exact) mass is 316 g/mol. The molecule has 0 spiro atoms. The molecule has 0 heterocycles. The van der Waals surface area contributed by atoms with Crippen LogP contribution in [-0.4, -0.2) is 27.3 Å². The third-order valence-corrected chi connectivity index (χ3v) is 3.35. The van der Waals surface area contributed by atoms with Crippen LogP contribution in [0.15, 0.2) is 48.5 Å². The predicted octanol–water partition coefficient (Wildman–Crippen LogP) is 3.34. The topological polar surface area (TPSA) is 54.0 Å². The molecule has 0 saturated heterocycles. The van der Waals surface area contributed by atoms with E-state index in [-0.39, 0.29) is 0 Å². The van der Waals surface area contributed by atoms with Crippen LogP contribution in [0.1, 0.15) is 27.8 Å². The van der Waals surface area contributed by atoms with Crippen LogP contribution in [0.5, 0.6) is 5.75 Å². The van der Waals surface area contributed by atoms with E-state index in [1.165, 1.54) is 21.3 Å². The molecule has 2 aromatic carbocycles. The van der Waals surface area contributed by atoms with E-state index in [4.69, 9.17) is 18.9 Å². The van der Waals surface area contributed by atoms with E-state index >= 15 is 0 Å². The van der Waals surface area contributed by atoms with E-state index in [0.29, 0.717) is 23.5 Å². The maximum Gasteiger partial charge on any atom is 0.341 e. The van der Waals surface area contributed by atoms with Crippen molar-refractivity contribution in [2.75, 3.05) is 21.3 Å². The summed E-state index contributed by atoms with van der Waals surface area (Å²) in [6, 6.07) is 14.9. The van der Waals surface area contributed by atoms with Gasteiger partial charge in [0.05, 0.1) is 7.11 Å². The number of rotatable bonds is 7. The minimum absolute atomic E-state index is 0.333. The zero-order valence-electron chi connectivity index (χ0n) is 13.4. The maximum atomic E-state index is 12.0. The second-order valence-electron chi connectivity index (χ2n) is 4.82. The lowest BCUT2D eigenvalue weighted by Crippen LogP contribution is -2.09. The summed E-state index contributed by atoms with van der Waals surface area (Å²) in [7, 11) is 4.40. The van der Waals surface area contributed by atoms with Crippen LogP contribution in [0.25, 0.3) is 0 Å². The number of hydrogen-bond donors (Lipinski definition) is 0. The molecule has 2 aromatic rings. The normalized spacial score (nSPS) is 10.6. The summed E-state index contributed by atoms with van der Waals surface area (Å²) in [6.07, 6.45) is -0.554. The van der Waals surface area contributed by atoms with Crippen LogP contribution in [-0.2, 0) is 20.8 Å². The number of carbonyl (C=O) groups is 1. The fourth-order valence-electron chi connectivity index (χ4n) is 2.19. The lowest BCUT2D eigenvalue weighted by atomic mass is 10.1. The number of benzene rings is 2. The second-order valence-corrected chi connectivity index (χ2v) is 4.82. The van der Waals surface area contributed by atoms with E-state index in [0.717, 1.165) is 5.56 Å². The molecule has 5 nitrogen and oxygen atoms in total. The maximum absolute atomic E-state index is 12.0. The smallest absolute Gasteiger partial charge is 0.341 e. The van der Waals surface area contributed by atoms with Gasteiger partial charge in [0.2, 0.25) is 0 Å². The molecule has 0 aliphatic rings. The minimum Gasteiger partial charge on any atom is -0.488 e. The van der Waals surface area contributed by atoms with Crippen molar-refractivity contribution in [1.29, 1.82) is 0 Å². The molecule has 0 saturated carbocycles. The summed E-state index contributed by atoms with van der Waals surface area (Å²) < 4.78 is 21.0. The van der Waals surface area contributed by atoms with Crippen molar-refractivity contribution in [1.82, 2.24) is 0 Å². The molecule has 0 radical (unpaired) electrons. The lowest BCUT2D eigenvalue weighted by Gasteiger charge is -2.16. The molecule has 0 fully saturated rings. The Labute approximate surface area is 135 Å². The quantitative estimate of drug-likeness (QED) is 0.579. The summed E-state index contributed by atoms with van der Waals surface area (Å²) in [5.41, 5.74) is 2.06. The first kappa shape index (κ1) is 17.0. The van der Waals surface area contributed by atoms with Crippen LogP contribution in [0.3, 0.4) is 0 Å². The van der Waals surface area contributed by atoms with E-state index in [9.17, 15) is 4.79 Å². The van der Waals surface area contributed by atoms with Gasteiger partial charge < -0.3 is 18.9 Å². The molecule has 0 aromatic heterocycles. The first-order chi connectivity index (χ1) is 11.2. The number of ether oxygens (including phenoxy) is 4. The molecule has 0 bridgehead atoms. The van der Waals surface area contributed by atoms with Gasteiger partial charge in [0.1, 0.15) is 17.9 Å². The third-order valence-electron chi connectivity index (χ3n) is 3.35. The van der Waals surface area contributed by atoms with Gasteiger partial charge in [0, 0.05) is 19.8 Å². The van der Waals surface area contributed by atoms with Crippen molar-refractivity contribution in [2.45, 2.75) is 12.9 Å². The molecular weight excluding hydrogens is 296 g/mol. The minimum atomic E-state index is -0.554. The molecule has 0 amide bonds. The first-order valence-corrected chi connectivity index (χ1v) is 7.14. The molecule has 0 N–H and O–H groups in total. The van der Waals surface area contributed by atoms with Crippen molar-refractivity contribution in [3.05, 3.63) is 65.2 Å². The molecule has 0 unspecified atom stereocenters. The van der Waals surface area contributed by atoms with E-state index in [2.05, 4.69) is 0 Å². The summed E-state index contributed by atoms with van der Waals surface area (Å²) >= 11 is 0. The second kappa shape index (κ2) is 8.31. The van der Waals surface area contributed by atoms with Gasteiger partial charge in [-0.15, -0.1) is 0 Å². The van der Waals surface area contributed by atoms with Gasteiger partial charge in [-0.3, -0.25) is 0 Å². The standard InChI is InChI=1S/C18H20O5/c1-20-17(19)15-11-14(18(21-2)22-3)9-10-16(15)23-12-13-7-5-4-6-8-13/h4-11,18H,12H2,1-3H3. The number of esters is 1.